The SMILES string of the molecule is COc1cc(C(=O)N2CCCC(C)C2)cc(OC)c1OC. The fourth-order valence-corrected chi connectivity index (χ4v) is 2.76. The quantitative estimate of drug-likeness (QED) is 0.856. The van der Waals surface area contributed by atoms with E-state index in [2.05, 4.69) is 6.92 Å². The highest BCUT2D eigenvalue weighted by atomic mass is 16.5. The number of carbonyl (C=O) groups is 1. The summed E-state index contributed by atoms with van der Waals surface area (Å²) in [6, 6.07) is 3.42. The number of hydrogen-bond donors (Lipinski definition) is 0. The molecule has 1 unspecified atom stereocenters. The lowest BCUT2D eigenvalue weighted by atomic mass is 9.99. The third kappa shape index (κ3) is 3.23. The van der Waals surface area contributed by atoms with Crippen molar-refractivity contribution in [1.82, 2.24) is 4.90 Å². The summed E-state index contributed by atoms with van der Waals surface area (Å²) in [6.07, 6.45) is 2.23. The molecule has 1 heterocycles. The third-order valence-electron chi connectivity index (χ3n) is 3.86. The number of rotatable bonds is 4. The van der Waals surface area contributed by atoms with Crippen molar-refractivity contribution in [2.24, 2.45) is 5.92 Å². The van der Waals surface area contributed by atoms with Crippen LogP contribution in [0.4, 0.5) is 0 Å². The van der Waals surface area contributed by atoms with Crippen LogP contribution in [0.5, 0.6) is 17.2 Å². The van der Waals surface area contributed by atoms with Crippen molar-refractivity contribution >= 4 is 5.91 Å². The minimum Gasteiger partial charge on any atom is -0.493 e. The Morgan fingerprint density at radius 2 is 1.76 bits per heavy atom. The molecule has 0 aromatic heterocycles. The number of ether oxygens (including phenoxy) is 3. The molecule has 0 radical (unpaired) electrons. The Morgan fingerprint density at radius 1 is 1.14 bits per heavy atom. The van der Waals surface area contributed by atoms with E-state index in [1.54, 1.807) is 33.5 Å². The second-order valence-corrected chi connectivity index (χ2v) is 5.41. The van der Waals surface area contributed by atoms with Gasteiger partial charge in [-0.15, -0.1) is 0 Å². The van der Waals surface area contributed by atoms with E-state index in [1.807, 2.05) is 4.90 Å². The molecule has 2 rings (SSSR count). The van der Waals surface area contributed by atoms with Crippen molar-refractivity contribution in [3.05, 3.63) is 17.7 Å². The maximum Gasteiger partial charge on any atom is 0.254 e. The molecular weight excluding hydrogens is 270 g/mol. The molecule has 5 nitrogen and oxygen atoms in total. The molecule has 1 aliphatic heterocycles. The molecule has 0 saturated carbocycles. The van der Waals surface area contributed by atoms with Gasteiger partial charge in [0.1, 0.15) is 0 Å². The Kier molecular flexibility index (Phi) is 4.94. The molecule has 1 aliphatic rings. The molecule has 21 heavy (non-hydrogen) atoms. The number of benzene rings is 1. The highest BCUT2D eigenvalue weighted by molar-refractivity contribution is 5.95. The number of hydrogen-bond acceptors (Lipinski definition) is 4. The van der Waals surface area contributed by atoms with Crippen LogP contribution in [0.25, 0.3) is 0 Å². The highest BCUT2D eigenvalue weighted by Gasteiger charge is 2.24. The van der Waals surface area contributed by atoms with Crippen LogP contribution in [-0.4, -0.2) is 45.2 Å². The zero-order valence-electron chi connectivity index (χ0n) is 13.1. The molecule has 1 amide bonds. The van der Waals surface area contributed by atoms with Crippen molar-refractivity contribution in [3.63, 3.8) is 0 Å². The normalized spacial score (nSPS) is 18.3. The van der Waals surface area contributed by atoms with E-state index in [-0.39, 0.29) is 5.91 Å². The number of likely N-dealkylation sites (tertiary alicyclic amines) is 1. The van der Waals surface area contributed by atoms with Gasteiger partial charge in [-0.25, -0.2) is 0 Å². The van der Waals surface area contributed by atoms with Crippen LogP contribution in [-0.2, 0) is 0 Å². The average Bonchev–Trinajstić information content (AvgIpc) is 2.52. The van der Waals surface area contributed by atoms with Gasteiger partial charge in [-0.05, 0) is 30.9 Å². The molecule has 116 valence electrons. The van der Waals surface area contributed by atoms with Crippen molar-refractivity contribution in [3.8, 4) is 17.2 Å². The van der Waals surface area contributed by atoms with E-state index < -0.39 is 0 Å². The molecular formula is C16H23NO4. The fraction of sp³-hybridized carbons (Fsp3) is 0.562. The van der Waals surface area contributed by atoms with Gasteiger partial charge in [0.2, 0.25) is 5.75 Å². The Morgan fingerprint density at radius 3 is 2.24 bits per heavy atom. The maximum atomic E-state index is 12.7. The number of amides is 1. The van der Waals surface area contributed by atoms with Gasteiger partial charge in [0.25, 0.3) is 5.91 Å². The summed E-state index contributed by atoms with van der Waals surface area (Å²) >= 11 is 0. The van der Waals surface area contributed by atoms with Gasteiger partial charge in [0, 0.05) is 18.7 Å². The number of piperidine rings is 1. The molecule has 1 fully saturated rings. The lowest BCUT2D eigenvalue weighted by Gasteiger charge is -2.31. The van der Waals surface area contributed by atoms with Crippen molar-refractivity contribution in [2.45, 2.75) is 19.8 Å². The lowest BCUT2D eigenvalue weighted by molar-refractivity contribution is 0.0682. The van der Waals surface area contributed by atoms with E-state index in [1.165, 1.54) is 6.42 Å². The van der Waals surface area contributed by atoms with Gasteiger partial charge in [0.05, 0.1) is 21.3 Å². The second kappa shape index (κ2) is 6.70. The van der Waals surface area contributed by atoms with Crippen LogP contribution in [0.2, 0.25) is 0 Å². The first kappa shape index (κ1) is 15.5. The van der Waals surface area contributed by atoms with Crippen LogP contribution >= 0.6 is 0 Å². The molecule has 1 atom stereocenters. The van der Waals surface area contributed by atoms with Gasteiger partial charge in [-0.3, -0.25) is 4.79 Å². The minimum absolute atomic E-state index is 0.0146. The van der Waals surface area contributed by atoms with Gasteiger partial charge < -0.3 is 19.1 Å². The molecule has 0 bridgehead atoms. The van der Waals surface area contributed by atoms with Crippen molar-refractivity contribution in [2.75, 3.05) is 34.4 Å². The summed E-state index contributed by atoms with van der Waals surface area (Å²) in [4.78, 5) is 14.6. The van der Waals surface area contributed by atoms with Crippen molar-refractivity contribution < 1.29 is 19.0 Å². The molecule has 0 spiro atoms. The molecule has 1 aromatic rings. The van der Waals surface area contributed by atoms with Gasteiger partial charge in [0.15, 0.2) is 11.5 Å². The summed E-state index contributed by atoms with van der Waals surface area (Å²) in [6.45, 7) is 3.78. The minimum atomic E-state index is 0.0146. The number of carbonyl (C=O) groups excluding carboxylic acids is 1. The third-order valence-corrected chi connectivity index (χ3v) is 3.86. The summed E-state index contributed by atoms with van der Waals surface area (Å²) in [5.74, 6) is 2.07. The largest absolute Gasteiger partial charge is 0.493 e. The number of methoxy groups -OCH3 is 3. The van der Waals surface area contributed by atoms with Crippen LogP contribution in [0.3, 0.4) is 0 Å². The van der Waals surface area contributed by atoms with Gasteiger partial charge >= 0.3 is 0 Å². The van der Waals surface area contributed by atoms with Crippen LogP contribution in [0.15, 0.2) is 12.1 Å². The summed E-state index contributed by atoms with van der Waals surface area (Å²) in [7, 11) is 4.65. The summed E-state index contributed by atoms with van der Waals surface area (Å²) < 4.78 is 15.9. The van der Waals surface area contributed by atoms with Crippen LogP contribution in [0.1, 0.15) is 30.1 Å². The predicted molar refractivity (Wildman–Crippen MR) is 80.4 cm³/mol. The molecule has 0 aliphatic carbocycles. The van der Waals surface area contributed by atoms with Crippen molar-refractivity contribution in [1.29, 1.82) is 0 Å². The smallest absolute Gasteiger partial charge is 0.254 e. The Balaban J connectivity index is 2.32. The zero-order valence-corrected chi connectivity index (χ0v) is 13.1. The van der Waals surface area contributed by atoms with E-state index >= 15 is 0 Å². The monoisotopic (exact) mass is 293 g/mol. The van der Waals surface area contributed by atoms with Gasteiger partial charge in [-0.1, -0.05) is 6.92 Å². The first-order valence-corrected chi connectivity index (χ1v) is 7.20. The number of nitrogens with zero attached hydrogens (tertiary/aromatic N) is 1. The van der Waals surface area contributed by atoms with Crippen LogP contribution in [0, 0.1) is 5.92 Å². The summed E-state index contributed by atoms with van der Waals surface area (Å²) in [5.41, 5.74) is 0.568. The molecule has 1 saturated heterocycles. The second-order valence-electron chi connectivity index (χ2n) is 5.41. The van der Waals surface area contributed by atoms with E-state index in [0.29, 0.717) is 28.7 Å². The van der Waals surface area contributed by atoms with E-state index in [4.69, 9.17) is 14.2 Å². The van der Waals surface area contributed by atoms with E-state index in [9.17, 15) is 4.79 Å². The van der Waals surface area contributed by atoms with Crippen LogP contribution < -0.4 is 14.2 Å². The molecule has 0 N–H and O–H groups in total. The Labute approximate surface area is 125 Å². The topological polar surface area (TPSA) is 48.0 Å². The molecule has 1 aromatic carbocycles. The van der Waals surface area contributed by atoms with Gasteiger partial charge in [-0.2, -0.15) is 0 Å². The predicted octanol–water partition coefficient (Wildman–Crippen LogP) is 2.58. The molecule has 5 heteroatoms. The Hall–Kier alpha value is -1.91. The zero-order chi connectivity index (χ0) is 15.4. The fourth-order valence-electron chi connectivity index (χ4n) is 2.76. The maximum absolute atomic E-state index is 12.7. The first-order chi connectivity index (χ1) is 10.1. The van der Waals surface area contributed by atoms with E-state index in [0.717, 1.165) is 19.5 Å². The standard InChI is InChI=1S/C16H23NO4/c1-11-6-5-7-17(10-11)16(18)12-8-13(19-2)15(21-4)14(9-12)20-3/h8-9,11H,5-7,10H2,1-4H3. The first-order valence-electron chi connectivity index (χ1n) is 7.20. The summed E-state index contributed by atoms with van der Waals surface area (Å²) in [5, 5.41) is 0. The highest BCUT2D eigenvalue weighted by Crippen LogP contribution is 2.38. The average molecular weight is 293 g/mol. The Bertz CT molecular complexity index is 490. The lowest BCUT2D eigenvalue weighted by Crippen LogP contribution is -2.39.